The van der Waals surface area contributed by atoms with Crippen molar-refractivity contribution in [3.63, 3.8) is 0 Å². The van der Waals surface area contributed by atoms with Gasteiger partial charge in [-0.2, -0.15) is 26.3 Å². The minimum absolute atomic E-state index is 0. The van der Waals surface area contributed by atoms with Crippen LogP contribution < -0.4 is 51.6 Å². The van der Waals surface area contributed by atoms with Gasteiger partial charge in [-0.25, -0.2) is 28.5 Å². The summed E-state index contributed by atoms with van der Waals surface area (Å²) in [5.41, 5.74) is 22.4. The predicted octanol–water partition coefficient (Wildman–Crippen LogP) is 19.3. The first-order chi connectivity index (χ1) is 67.9. The van der Waals surface area contributed by atoms with Crippen LogP contribution in [0.25, 0.3) is 4.85 Å². The van der Waals surface area contributed by atoms with E-state index in [-0.39, 0.29) is 128 Å². The number of aliphatic hydroxyl groups is 2. The number of nitriles is 5. The fourth-order valence-corrected chi connectivity index (χ4v) is 13.2. The summed E-state index contributed by atoms with van der Waals surface area (Å²) >= 11 is 8.95. The zero-order chi connectivity index (χ0) is 110. The Bertz CT molecular complexity index is 5810. The molecule has 11 rings (SSSR count). The number of ether oxygens (including phenoxy) is 2. The van der Waals surface area contributed by atoms with Crippen molar-refractivity contribution in [2.75, 3.05) is 26.4 Å². The Morgan fingerprint density at radius 1 is 0.503 bits per heavy atom. The van der Waals surface area contributed by atoms with E-state index in [4.69, 9.17) is 76.4 Å². The number of benzene rings is 11. The van der Waals surface area contributed by atoms with Crippen LogP contribution in [0.1, 0.15) is 202 Å². The van der Waals surface area contributed by atoms with Crippen molar-refractivity contribution in [1.29, 1.82) is 26.3 Å². The van der Waals surface area contributed by atoms with E-state index in [2.05, 4.69) is 263 Å². The van der Waals surface area contributed by atoms with E-state index in [0.29, 0.717) is 46.4 Å². The SMILES string of the molecule is C.C.C#C.C#C.C#CC(C)(C)O.C#Cc1ccc(C#N)c(C)c1.C#Cc1ccc(C#N)c(F)c1.CC(C)(O)C#Cc1ccc(C#N)c(F)c1.CCOC(C)=O.CCOCC.CCc1ccc(C#N)c(F)c1.CCc1ccc(CN)c(C)c1.CCc1ccc(CN)c(F)c1.N#Cc1ccc(Br)cc1F.[2H][2H].[AlH3].[B][B].[C-]#[N+]CC(=O)NCc1ccc(CC)cc1C.[Cu][I].[H-].[Li+].[Ta].c1ccc([PH+](c2ccccc2)c2ccccc2)cc1. The van der Waals surface area contributed by atoms with Gasteiger partial charge in [0, 0.05) is 107 Å². The molecule has 0 aromatic heterocycles. The largest absolute Gasteiger partial charge is 1.00 e. The average molecular weight is 2390 g/mol. The van der Waals surface area contributed by atoms with E-state index in [9.17, 15) is 36.6 Å². The monoisotopic (exact) mass is 2380 g/mol. The fraction of sp³-hybridized carbons (Fsp3) is 0.259. The summed E-state index contributed by atoms with van der Waals surface area (Å²) in [5.74, 6) is 9.44. The van der Waals surface area contributed by atoms with E-state index in [1.165, 1.54) is 105 Å². The third-order valence-electron chi connectivity index (χ3n) is 17.6. The summed E-state index contributed by atoms with van der Waals surface area (Å²) in [5, 5.41) is 67.1. The summed E-state index contributed by atoms with van der Waals surface area (Å²) in [7, 11) is 7.12. The van der Waals surface area contributed by atoms with Crippen LogP contribution in [0.2, 0.25) is 0 Å². The van der Waals surface area contributed by atoms with Crippen molar-refractivity contribution in [3.8, 4) is 105 Å². The second-order valence-electron chi connectivity index (χ2n) is 28.8. The maximum atomic E-state index is 13.1. The molecule has 759 valence electrons. The van der Waals surface area contributed by atoms with Gasteiger partial charge in [0.05, 0.1) is 48.4 Å². The summed E-state index contributed by atoms with van der Waals surface area (Å²) < 4.78 is 84.1. The number of carbonyl (C=O) groups is 2. The first-order valence-corrected chi connectivity index (χ1v) is 48.4. The molecule has 29 heteroatoms. The van der Waals surface area contributed by atoms with Gasteiger partial charge in [-0.3, -0.25) is 9.59 Å². The standard InChI is InChI=1S/C18H15P.C13H16N2O.C12H10FNO.C10H15N.C10H7N.C9H12FN.C9H8FN.C9H4FN.C7H3BrFN.C5H8O.C4H8O2.C4H10O.2C2H2.2CH4.Al.B2.Cu.HI.Li.Ta.H2.4H/c1-4-10-16(11-5-1)19(17-12-6-2-7-13-17)18-14-8-3-9-15-18;1-4-11-5-6-12(10(2)7-11)8-15-13(16)9-14-3;1-12(2,15)6-5-9-3-4-10(8-14)11(13)7-9;2*1-3-9-4-5-10(7-11)8(2)6-9;3*1-2-7-3-4-8(6-11)9(10)5-7;8-6-2-1-5(4-10)7(9)3-6;1-4-5(2,3)6;1-3-6-4(2)5;1-3-5-4-2;2*1-2;;;;1-2;;;;;;;;;/h1-15H;5-7H,4,8-9H2,1-2H3,(H,15,16);3-4,7,15H,1-2H3;4-6H,3,7,11H2,1-2H3;1,4-6H,2H3;3-5H,2,6,11H2,1H3;3-5H,2H2,1H3;1,3-5H;1-3H;1,6H,2-3H3;3H2,1-2H3;3-4H2,1-2H3;2*1-2H;2*1H4;;;;1H;;;1H;;;;/q;;;;;;;;;;;;;;;;;;+1;;+1;;;;;;-1/i;;;;;;;;;;;;;;;;;;;;;;1+1D;;;;. The van der Waals surface area contributed by atoms with Crippen LogP contribution >= 0.6 is 44.2 Å². The molecule has 0 saturated heterocycles. The van der Waals surface area contributed by atoms with E-state index in [1.54, 1.807) is 122 Å². The number of amides is 1. The Kier molecular flexibility index (Phi) is 99.7. The molecule has 0 fully saturated rings. The van der Waals surface area contributed by atoms with Crippen LogP contribution in [0.3, 0.4) is 0 Å². The van der Waals surface area contributed by atoms with E-state index in [0.717, 1.165) is 66.7 Å². The summed E-state index contributed by atoms with van der Waals surface area (Å²) in [6, 6.07) is 81.9. The molecule has 0 unspecified atom stereocenters. The number of terminal acetylenes is 5. The molecular weight excluding hydrogens is 2250 g/mol. The van der Waals surface area contributed by atoms with Crippen LogP contribution in [-0.2, 0) is 99.5 Å². The first-order valence-electron chi connectivity index (χ1n) is 44.0. The van der Waals surface area contributed by atoms with Gasteiger partial charge < -0.3 is 42.7 Å². The second kappa shape index (κ2) is 95.8. The van der Waals surface area contributed by atoms with Crippen LogP contribution in [0, 0.1) is 188 Å². The third-order valence-corrected chi connectivity index (χ3v) is 20.8. The van der Waals surface area contributed by atoms with Crippen molar-refractivity contribution in [3.05, 3.63) is 382 Å². The van der Waals surface area contributed by atoms with Gasteiger partial charge in [-0.05, 0) is 272 Å². The van der Waals surface area contributed by atoms with Crippen LogP contribution in [-0.4, -0.2) is 92.5 Å². The maximum absolute atomic E-state index is 13.1. The van der Waals surface area contributed by atoms with Crippen molar-refractivity contribution in [1.82, 2.24) is 5.32 Å². The minimum atomic E-state index is -1.11. The summed E-state index contributed by atoms with van der Waals surface area (Å²) in [6.07, 6.45) is 34.8. The van der Waals surface area contributed by atoms with Crippen LogP contribution in [0.4, 0.5) is 22.0 Å². The quantitative estimate of drug-likeness (QED) is 0.0122. The number of rotatable bonds is 15. The molecule has 11 aromatic rings. The maximum Gasteiger partial charge on any atom is 1.00 e. The van der Waals surface area contributed by atoms with Crippen molar-refractivity contribution >= 4 is 105 Å². The molecule has 15 nitrogen and oxygen atoms in total. The van der Waals surface area contributed by atoms with Gasteiger partial charge in [0.25, 0.3) is 12.5 Å². The van der Waals surface area contributed by atoms with Crippen LogP contribution in [0.5, 0.6) is 0 Å². The zero-order valence-corrected chi connectivity index (χ0v) is 92.1. The Morgan fingerprint density at radius 2 is 0.821 bits per heavy atom. The van der Waals surface area contributed by atoms with Gasteiger partial charge in [0.15, 0.2) is 17.4 Å². The number of carbonyl (C=O) groups excluding carboxylic acids is 2. The number of nitrogens with one attached hydrogen (secondary N) is 1. The molecule has 0 aliphatic carbocycles. The van der Waals surface area contributed by atoms with Gasteiger partial charge >= 0.3 is 57.9 Å². The van der Waals surface area contributed by atoms with E-state index in [1.807, 2.05) is 59.7 Å². The minimum Gasteiger partial charge on any atom is -1.00 e. The Balaban J connectivity index is -0.000000136. The number of halogens is 7. The van der Waals surface area contributed by atoms with Crippen molar-refractivity contribution in [2.45, 2.75) is 175 Å². The van der Waals surface area contributed by atoms with Gasteiger partial charge in [0.2, 0.25) is 0 Å². The van der Waals surface area contributed by atoms with Gasteiger partial charge in [-0.1, -0.05) is 197 Å². The fourth-order valence-electron chi connectivity index (χ4n) is 10.3. The molecule has 0 bridgehead atoms. The van der Waals surface area contributed by atoms with Gasteiger partial charge in [-0.15, -0.1) is 45.0 Å². The number of esters is 1. The van der Waals surface area contributed by atoms with E-state index < -0.39 is 42.4 Å². The Morgan fingerprint density at radius 3 is 1.10 bits per heavy atom. The molecule has 11 aromatic carbocycles. The van der Waals surface area contributed by atoms with Crippen molar-refractivity contribution < 1.29 is 110 Å². The number of hydrogen-bond donors (Lipinski definition) is 5. The predicted molar refractivity (Wildman–Crippen MR) is 601 cm³/mol. The Hall–Kier alpha value is -11.7. The smallest absolute Gasteiger partial charge is 1.00 e. The summed E-state index contributed by atoms with van der Waals surface area (Å²) in [6.45, 7) is 37.7. The molecular formula is C116H135AlB2BrCuF5ILiN9O6PTa+. The van der Waals surface area contributed by atoms with Crippen LogP contribution in [0.15, 0.2) is 241 Å². The van der Waals surface area contributed by atoms with E-state index >= 15 is 0 Å². The molecule has 145 heavy (non-hydrogen) atoms. The average Bonchev–Trinajstić information content (AvgIpc) is 0.815. The molecule has 7 N–H and O–H groups in total. The molecule has 0 aliphatic heterocycles. The number of hydrogen-bond acceptors (Lipinski definition) is 13. The van der Waals surface area contributed by atoms with Crippen molar-refractivity contribution in [2.24, 2.45) is 11.5 Å². The molecule has 0 saturated carbocycles. The second-order valence-corrected chi connectivity index (χ2v) is 32.2. The first kappa shape index (κ1) is 151. The molecule has 0 atom stereocenters. The number of nitrogens with zero attached hydrogens (tertiary/aromatic N) is 6. The molecule has 0 heterocycles. The molecule has 1 amide bonds. The Labute approximate surface area is 937 Å². The normalized spacial score (nSPS) is 8.77. The number of aryl methyl sites for hydroxylation is 7. The molecule has 5 radical (unpaired) electrons. The zero-order valence-electron chi connectivity index (χ0n) is 86.3. The number of nitrogens with two attached hydrogens (primary N) is 2. The topological polar surface area (TPSA) is 280 Å². The summed E-state index contributed by atoms with van der Waals surface area (Å²) in [4.78, 5) is 24.0. The molecule has 0 spiro atoms. The third kappa shape index (κ3) is 72.2. The molecule has 0 aliphatic rings. The van der Waals surface area contributed by atoms with Gasteiger partial charge in [0.1, 0.15) is 80.5 Å².